The Hall–Kier alpha value is -0.300. The molecule has 0 aliphatic rings. The van der Waals surface area contributed by atoms with E-state index in [0.29, 0.717) is 11.3 Å². The van der Waals surface area contributed by atoms with E-state index in [2.05, 4.69) is 68.7 Å². The highest BCUT2D eigenvalue weighted by Gasteiger charge is 2.27. The minimum absolute atomic E-state index is 0.346. The van der Waals surface area contributed by atoms with Crippen LogP contribution in [0.25, 0.3) is 0 Å². The molecule has 1 aromatic carbocycles. The van der Waals surface area contributed by atoms with Crippen LogP contribution in [-0.2, 0) is 6.42 Å². The Labute approximate surface area is 109 Å². The molecule has 1 heteroatoms. The number of alkyl halides is 1. The van der Waals surface area contributed by atoms with E-state index in [0.717, 1.165) is 11.8 Å². The molecule has 0 bridgehead atoms. The Bertz CT molecular complexity index is 354. The van der Waals surface area contributed by atoms with Crippen LogP contribution in [0.1, 0.15) is 37.5 Å². The molecule has 90 valence electrons. The average Bonchev–Trinajstić information content (AvgIpc) is 2.23. The molecular weight excluding hydrogens is 260 g/mol. The van der Waals surface area contributed by atoms with Crippen LogP contribution in [0, 0.1) is 25.2 Å². The molecule has 1 unspecified atom stereocenters. The number of hydrogen-bond donors (Lipinski definition) is 0. The van der Waals surface area contributed by atoms with Crippen LogP contribution in [-0.4, -0.2) is 5.33 Å². The van der Waals surface area contributed by atoms with Crippen molar-refractivity contribution in [2.24, 2.45) is 11.3 Å². The second-order valence-corrected chi connectivity index (χ2v) is 6.11. The Kier molecular flexibility index (Phi) is 4.61. The van der Waals surface area contributed by atoms with Crippen LogP contribution in [0.4, 0.5) is 0 Å². The topological polar surface area (TPSA) is 0 Å². The first-order chi connectivity index (χ1) is 7.39. The second-order valence-electron chi connectivity index (χ2n) is 5.55. The zero-order valence-electron chi connectivity index (χ0n) is 11.1. The largest absolute Gasteiger partial charge is 0.0922 e. The standard InChI is InChI=1S/C15H23Br/c1-11(2)15(5,10-16)9-14-8-12(3)6-7-13(14)4/h6-8,11H,9-10H2,1-5H3. The normalized spacial score (nSPS) is 15.2. The molecule has 0 N–H and O–H groups in total. The number of aryl methyl sites for hydroxylation is 2. The molecule has 0 aromatic heterocycles. The molecule has 0 spiro atoms. The molecular formula is C15H23Br. The summed E-state index contributed by atoms with van der Waals surface area (Å²) in [6.45, 7) is 11.4. The molecule has 0 heterocycles. The van der Waals surface area contributed by atoms with E-state index in [1.54, 1.807) is 0 Å². The lowest BCUT2D eigenvalue weighted by molar-refractivity contribution is 0.257. The predicted octanol–water partition coefficient (Wildman–Crippen LogP) is 4.90. The lowest BCUT2D eigenvalue weighted by Gasteiger charge is -2.32. The molecule has 0 fully saturated rings. The van der Waals surface area contributed by atoms with Crippen LogP contribution in [0.2, 0.25) is 0 Å². The van der Waals surface area contributed by atoms with Crippen LogP contribution < -0.4 is 0 Å². The monoisotopic (exact) mass is 282 g/mol. The van der Waals surface area contributed by atoms with E-state index in [1.165, 1.54) is 16.7 Å². The van der Waals surface area contributed by atoms with Gasteiger partial charge in [-0.1, -0.05) is 60.5 Å². The fourth-order valence-corrected chi connectivity index (χ4v) is 2.68. The molecule has 0 amide bonds. The molecule has 16 heavy (non-hydrogen) atoms. The van der Waals surface area contributed by atoms with E-state index >= 15 is 0 Å². The third-order valence-electron chi connectivity index (χ3n) is 3.80. The molecule has 0 nitrogen and oxygen atoms in total. The van der Waals surface area contributed by atoms with Gasteiger partial charge in [-0.15, -0.1) is 0 Å². The van der Waals surface area contributed by atoms with Gasteiger partial charge in [0.1, 0.15) is 0 Å². The highest BCUT2D eigenvalue weighted by Crippen LogP contribution is 2.34. The molecule has 1 aromatic rings. The lowest BCUT2D eigenvalue weighted by atomic mass is 9.75. The SMILES string of the molecule is Cc1ccc(C)c(CC(C)(CBr)C(C)C)c1. The highest BCUT2D eigenvalue weighted by atomic mass is 79.9. The maximum absolute atomic E-state index is 3.67. The van der Waals surface area contributed by atoms with Gasteiger partial charge in [0.05, 0.1) is 0 Å². The number of rotatable bonds is 4. The van der Waals surface area contributed by atoms with Gasteiger partial charge in [0, 0.05) is 5.33 Å². The second kappa shape index (κ2) is 5.35. The van der Waals surface area contributed by atoms with Gasteiger partial charge in [-0.3, -0.25) is 0 Å². The first-order valence-corrected chi connectivity index (χ1v) is 7.13. The van der Waals surface area contributed by atoms with Crippen molar-refractivity contribution in [2.45, 2.75) is 41.0 Å². The molecule has 0 saturated carbocycles. The van der Waals surface area contributed by atoms with Gasteiger partial charge in [0.25, 0.3) is 0 Å². The smallest absolute Gasteiger partial charge is 0.00909 e. The Morgan fingerprint density at radius 1 is 1.25 bits per heavy atom. The quantitative estimate of drug-likeness (QED) is 0.689. The first kappa shape index (κ1) is 13.8. The third kappa shape index (κ3) is 3.10. The summed E-state index contributed by atoms with van der Waals surface area (Å²) < 4.78 is 0. The maximum atomic E-state index is 3.67. The summed E-state index contributed by atoms with van der Waals surface area (Å²) in [4.78, 5) is 0. The van der Waals surface area contributed by atoms with Crippen molar-refractivity contribution in [3.8, 4) is 0 Å². The van der Waals surface area contributed by atoms with Crippen LogP contribution in [0.3, 0.4) is 0 Å². The molecule has 1 atom stereocenters. The average molecular weight is 283 g/mol. The Balaban J connectivity index is 2.98. The highest BCUT2D eigenvalue weighted by molar-refractivity contribution is 9.09. The van der Waals surface area contributed by atoms with E-state index in [4.69, 9.17) is 0 Å². The van der Waals surface area contributed by atoms with Crippen LogP contribution >= 0.6 is 15.9 Å². The predicted molar refractivity (Wildman–Crippen MR) is 76.4 cm³/mol. The summed E-state index contributed by atoms with van der Waals surface area (Å²) in [7, 11) is 0. The van der Waals surface area contributed by atoms with Crippen LogP contribution in [0.15, 0.2) is 18.2 Å². The van der Waals surface area contributed by atoms with Crippen molar-refractivity contribution in [1.82, 2.24) is 0 Å². The van der Waals surface area contributed by atoms with Gasteiger partial charge in [-0.25, -0.2) is 0 Å². The summed E-state index contributed by atoms with van der Waals surface area (Å²) in [5.41, 5.74) is 4.62. The zero-order chi connectivity index (χ0) is 12.3. The zero-order valence-corrected chi connectivity index (χ0v) is 12.7. The summed E-state index contributed by atoms with van der Waals surface area (Å²) >= 11 is 3.67. The van der Waals surface area contributed by atoms with Gasteiger partial charge < -0.3 is 0 Å². The lowest BCUT2D eigenvalue weighted by Crippen LogP contribution is -2.28. The Morgan fingerprint density at radius 2 is 1.88 bits per heavy atom. The van der Waals surface area contributed by atoms with Gasteiger partial charge in [-0.05, 0) is 42.7 Å². The minimum atomic E-state index is 0.346. The van der Waals surface area contributed by atoms with E-state index in [1.807, 2.05) is 0 Å². The summed E-state index contributed by atoms with van der Waals surface area (Å²) in [6, 6.07) is 6.76. The van der Waals surface area contributed by atoms with Gasteiger partial charge in [0.2, 0.25) is 0 Å². The number of benzene rings is 1. The van der Waals surface area contributed by atoms with Crippen molar-refractivity contribution in [2.75, 3.05) is 5.33 Å². The number of hydrogen-bond acceptors (Lipinski definition) is 0. The summed E-state index contributed by atoms with van der Waals surface area (Å²) in [6.07, 6.45) is 1.16. The Morgan fingerprint density at radius 3 is 2.38 bits per heavy atom. The molecule has 0 aliphatic heterocycles. The third-order valence-corrected chi connectivity index (χ3v) is 5.08. The van der Waals surface area contributed by atoms with Gasteiger partial charge in [0.15, 0.2) is 0 Å². The molecule has 0 saturated heterocycles. The molecule has 0 radical (unpaired) electrons. The first-order valence-electron chi connectivity index (χ1n) is 6.01. The van der Waals surface area contributed by atoms with Gasteiger partial charge in [-0.2, -0.15) is 0 Å². The number of halogens is 1. The van der Waals surface area contributed by atoms with Crippen molar-refractivity contribution in [1.29, 1.82) is 0 Å². The molecule has 1 rings (SSSR count). The molecule has 0 aliphatic carbocycles. The van der Waals surface area contributed by atoms with Gasteiger partial charge >= 0.3 is 0 Å². The summed E-state index contributed by atoms with van der Waals surface area (Å²) in [5.74, 6) is 0.687. The van der Waals surface area contributed by atoms with E-state index < -0.39 is 0 Å². The van der Waals surface area contributed by atoms with E-state index in [9.17, 15) is 0 Å². The minimum Gasteiger partial charge on any atom is -0.0922 e. The summed E-state index contributed by atoms with van der Waals surface area (Å²) in [5, 5.41) is 1.06. The maximum Gasteiger partial charge on any atom is 0.00909 e. The van der Waals surface area contributed by atoms with Crippen LogP contribution in [0.5, 0.6) is 0 Å². The fraction of sp³-hybridized carbons (Fsp3) is 0.600. The van der Waals surface area contributed by atoms with Crippen molar-refractivity contribution in [3.05, 3.63) is 34.9 Å². The van der Waals surface area contributed by atoms with Crippen molar-refractivity contribution < 1.29 is 0 Å². The van der Waals surface area contributed by atoms with Crippen molar-refractivity contribution >= 4 is 15.9 Å². The van der Waals surface area contributed by atoms with E-state index in [-0.39, 0.29) is 0 Å². The van der Waals surface area contributed by atoms with Crippen molar-refractivity contribution in [3.63, 3.8) is 0 Å². The fourth-order valence-electron chi connectivity index (χ4n) is 1.83.